The van der Waals surface area contributed by atoms with Gasteiger partial charge in [0, 0.05) is 6.42 Å². The largest absolute Gasteiger partial charge is 0.506 e. The Kier molecular flexibility index (Phi) is 4.50. The highest BCUT2D eigenvalue weighted by Gasteiger charge is 2.05. The molecule has 1 aromatic rings. The molecule has 1 N–H and O–H groups in total. The van der Waals surface area contributed by atoms with E-state index in [2.05, 4.69) is 37.8 Å². The van der Waals surface area contributed by atoms with Gasteiger partial charge >= 0.3 is 0 Å². The first-order valence-corrected chi connectivity index (χ1v) is 5.84. The van der Waals surface area contributed by atoms with Gasteiger partial charge in [-0.2, -0.15) is 0 Å². The summed E-state index contributed by atoms with van der Waals surface area (Å²) >= 11 is 6.57. The molecule has 14 heavy (non-hydrogen) atoms. The predicted molar refractivity (Wildman–Crippen MR) is 65.3 cm³/mol. The summed E-state index contributed by atoms with van der Waals surface area (Å²) in [5.74, 6) is 2.85. The molecule has 1 rings (SSSR count). The summed E-state index contributed by atoms with van der Waals surface area (Å²) in [6.45, 7) is 0. The molecule has 0 aliphatic heterocycles. The van der Waals surface area contributed by atoms with Crippen LogP contribution in [0.25, 0.3) is 0 Å². The van der Waals surface area contributed by atoms with Crippen LogP contribution in [-0.4, -0.2) is 5.11 Å². The highest BCUT2D eigenvalue weighted by atomic mass is 79.9. The molecule has 3 heteroatoms. The number of hydrogen-bond acceptors (Lipinski definition) is 1. The molecule has 0 radical (unpaired) electrons. The predicted octanol–water partition coefficient (Wildman–Crippen LogP) is 3.87. The highest BCUT2D eigenvalue weighted by molar-refractivity contribution is 9.11. The highest BCUT2D eigenvalue weighted by Crippen LogP contribution is 2.33. The number of phenols is 1. The van der Waals surface area contributed by atoms with E-state index in [1.165, 1.54) is 0 Å². The van der Waals surface area contributed by atoms with Crippen molar-refractivity contribution in [2.24, 2.45) is 0 Å². The van der Waals surface area contributed by atoms with Crippen molar-refractivity contribution in [1.29, 1.82) is 0 Å². The number of aryl methyl sites for hydroxylation is 1. The Labute approximate surface area is 101 Å². The zero-order chi connectivity index (χ0) is 10.6. The topological polar surface area (TPSA) is 20.2 Å². The van der Waals surface area contributed by atoms with Gasteiger partial charge in [0.15, 0.2) is 0 Å². The molecule has 0 spiro atoms. The van der Waals surface area contributed by atoms with E-state index in [0.717, 1.165) is 24.8 Å². The smallest absolute Gasteiger partial charge is 0.143 e. The van der Waals surface area contributed by atoms with Gasteiger partial charge < -0.3 is 5.11 Å². The maximum atomic E-state index is 9.48. The molecule has 74 valence electrons. The van der Waals surface area contributed by atoms with Gasteiger partial charge in [-0.3, -0.25) is 0 Å². The van der Waals surface area contributed by atoms with Crippen molar-refractivity contribution >= 4 is 31.9 Å². The van der Waals surface area contributed by atoms with E-state index in [9.17, 15) is 5.11 Å². The molecule has 0 atom stereocenters. The first kappa shape index (κ1) is 11.6. The average Bonchev–Trinajstić information content (AvgIpc) is 2.14. The molecular formula is C11H10Br2O. The Bertz CT molecular complexity index is 343. The summed E-state index contributed by atoms with van der Waals surface area (Å²) in [7, 11) is 0. The van der Waals surface area contributed by atoms with Crippen LogP contribution in [0, 0.1) is 12.3 Å². The number of benzene rings is 1. The van der Waals surface area contributed by atoms with Crippen molar-refractivity contribution in [3.63, 3.8) is 0 Å². The van der Waals surface area contributed by atoms with Crippen LogP contribution >= 0.6 is 31.9 Å². The van der Waals surface area contributed by atoms with Crippen LogP contribution in [0.5, 0.6) is 5.75 Å². The second kappa shape index (κ2) is 5.43. The molecule has 0 fully saturated rings. The van der Waals surface area contributed by atoms with Crippen molar-refractivity contribution in [3.8, 4) is 18.1 Å². The van der Waals surface area contributed by atoms with Crippen LogP contribution in [0.15, 0.2) is 21.1 Å². The summed E-state index contributed by atoms with van der Waals surface area (Å²) < 4.78 is 1.42. The van der Waals surface area contributed by atoms with E-state index < -0.39 is 0 Å². The number of hydrogen-bond donors (Lipinski definition) is 1. The minimum atomic E-state index is 0.241. The third-order valence-electron chi connectivity index (χ3n) is 1.86. The van der Waals surface area contributed by atoms with Gasteiger partial charge in [0.2, 0.25) is 0 Å². The van der Waals surface area contributed by atoms with Crippen LogP contribution < -0.4 is 0 Å². The standard InChI is InChI=1S/C11H10Br2O/c1-2-3-4-5-8-6-9(12)11(14)10(13)7-8/h1,6-7,14H,3-5H2. The Morgan fingerprint density at radius 3 is 2.36 bits per heavy atom. The number of phenolic OH excluding ortho intramolecular Hbond substituents is 1. The summed E-state index contributed by atoms with van der Waals surface area (Å²) in [6.07, 6.45) is 7.86. The van der Waals surface area contributed by atoms with Gasteiger partial charge in [-0.05, 0) is 62.4 Å². The van der Waals surface area contributed by atoms with Gasteiger partial charge in [-0.1, -0.05) is 0 Å². The van der Waals surface area contributed by atoms with E-state index in [1.807, 2.05) is 12.1 Å². The van der Waals surface area contributed by atoms with Gasteiger partial charge in [-0.25, -0.2) is 0 Å². The SMILES string of the molecule is C#CCCCc1cc(Br)c(O)c(Br)c1. The number of unbranched alkanes of at least 4 members (excludes halogenated alkanes) is 1. The van der Waals surface area contributed by atoms with E-state index in [1.54, 1.807) is 0 Å². The maximum Gasteiger partial charge on any atom is 0.143 e. The second-order valence-corrected chi connectivity index (χ2v) is 4.67. The number of aromatic hydroxyl groups is 1. The van der Waals surface area contributed by atoms with Gasteiger partial charge in [-0.15, -0.1) is 12.3 Å². The van der Waals surface area contributed by atoms with Gasteiger partial charge in [0.1, 0.15) is 5.75 Å². The third-order valence-corrected chi connectivity index (χ3v) is 3.07. The van der Waals surface area contributed by atoms with Crippen LogP contribution in [0.4, 0.5) is 0 Å². The van der Waals surface area contributed by atoms with E-state index in [4.69, 9.17) is 6.42 Å². The number of halogens is 2. The molecular weight excluding hydrogens is 308 g/mol. The lowest BCUT2D eigenvalue weighted by Gasteiger charge is -2.04. The fourth-order valence-corrected chi connectivity index (χ4v) is 2.44. The molecule has 1 nitrogen and oxygen atoms in total. The molecule has 0 aromatic heterocycles. The van der Waals surface area contributed by atoms with Gasteiger partial charge in [0.05, 0.1) is 8.95 Å². The van der Waals surface area contributed by atoms with Crippen molar-refractivity contribution in [1.82, 2.24) is 0 Å². The second-order valence-electron chi connectivity index (χ2n) is 2.97. The van der Waals surface area contributed by atoms with Crippen molar-refractivity contribution < 1.29 is 5.11 Å². The lowest BCUT2D eigenvalue weighted by atomic mass is 10.1. The first-order valence-electron chi connectivity index (χ1n) is 4.25. The quantitative estimate of drug-likeness (QED) is 0.662. The van der Waals surface area contributed by atoms with Gasteiger partial charge in [0.25, 0.3) is 0 Å². The minimum absolute atomic E-state index is 0.241. The molecule has 0 heterocycles. The summed E-state index contributed by atoms with van der Waals surface area (Å²) in [4.78, 5) is 0. The van der Waals surface area contributed by atoms with Crippen LogP contribution in [0.2, 0.25) is 0 Å². The Hall–Kier alpha value is -0.460. The lowest BCUT2D eigenvalue weighted by Crippen LogP contribution is -1.86. The Morgan fingerprint density at radius 2 is 1.86 bits per heavy atom. The van der Waals surface area contributed by atoms with Crippen LogP contribution in [0.3, 0.4) is 0 Å². The molecule has 1 aromatic carbocycles. The first-order chi connectivity index (χ1) is 6.65. The molecule has 0 saturated carbocycles. The molecule has 0 saturated heterocycles. The normalized spacial score (nSPS) is 9.79. The molecule has 0 aliphatic carbocycles. The average molecular weight is 318 g/mol. The van der Waals surface area contributed by atoms with Crippen molar-refractivity contribution in [2.75, 3.05) is 0 Å². The van der Waals surface area contributed by atoms with E-state index in [0.29, 0.717) is 8.95 Å². The molecule has 0 amide bonds. The molecule has 0 aliphatic rings. The Morgan fingerprint density at radius 1 is 1.29 bits per heavy atom. The monoisotopic (exact) mass is 316 g/mol. The number of rotatable bonds is 3. The molecule has 0 unspecified atom stereocenters. The fourth-order valence-electron chi connectivity index (χ4n) is 1.16. The third kappa shape index (κ3) is 3.04. The van der Waals surface area contributed by atoms with Crippen LogP contribution in [0.1, 0.15) is 18.4 Å². The minimum Gasteiger partial charge on any atom is -0.506 e. The number of terminal acetylenes is 1. The maximum absolute atomic E-state index is 9.48. The van der Waals surface area contributed by atoms with E-state index in [-0.39, 0.29) is 5.75 Å². The molecule has 0 bridgehead atoms. The fraction of sp³-hybridized carbons (Fsp3) is 0.273. The lowest BCUT2D eigenvalue weighted by molar-refractivity contribution is 0.468. The zero-order valence-corrected chi connectivity index (χ0v) is 10.7. The summed E-state index contributed by atoms with van der Waals surface area (Å²) in [5.41, 5.74) is 1.16. The van der Waals surface area contributed by atoms with Crippen molar-refractivity contribution in [3.05, 3.63) is 26.6 Å². The van der Waals surface area contributed by atoms with Crippen molar-refractivity contribution in [2.45, 2.75) is 19.3 Å². The summed E-state index contributed by atoms with van der Waals surface area (Å²) in [5, 5.41) is 9.48. The van der Waals surface area contributed by atoms with E-state index >= 15 is 0 Å². The van der Waals surface area contributed by atoms with Crippen LogP contribution in [-0.2, 0) is 6.42 Å². The zero-order valence-electron chi connectivity index (χ0n) is 7.56. The Balaban J connectivity index is 2.75. The summed E-state index contributed by atoms with van der Waals surface area (Å²) in [6, 6.07) is 3.83.